The normalized spacial score (nSPS) is 21.4. The number of carbonyl (C=O) groups is 4. The van der Waals surface area contributed by atoms with E-state index in [1.165, 1.54) is 47.8 Å². The molecule has 2 fully saturated rings. The van der Waals surface area contributed by atoms with E-state index >= 15 is 0 Å². The quantitative estimate of drug-likeness (QED) is 0.152. The molecule has 16 heteroatoms. The standard InChI is InChI=1S/C51H56ClN7O7S/c1-26(2)44(55-50(62)64-5)47(60)57-17-7-9-38(57)35-21-31(24-53-35)28-12-14-37-34(20-28)33-13-11-29-19-30(23-40-43(29)46(33)59(37)49(66-40)41-15-16-42(52)67-41)32-22-36(54-25-32)39-10-8-18-58(39)48(61)45(27(3)4)56-51(63)65-6/h12,14-16,19-20,23-27,38-39,44-45,49H,7-11,13,17-18,21-22H2,1-6H3,(H,55,62)(H,56,63)/t38-,39-,44-,45-,49?/m0/s1. The van der Waals surface area contributed by atoms with E-state index in [-0.39, 0.29) is 35.7 Å². The molecule has 7 heterocycles. The molecule has 2 N–H and O–H groups in total. The maximum atomic E-state index is 13.9. The minimum Gasteiger partial charge on any atom is -0.464 e. The molecule has 2 aromatic heterocycles. The number of nitrogens with one attached hydrogen (secondary N) is 2. The van der Waals surface area contributed by atoms with Crippen LogP contribution in [-0.2, 0) is 31.9 Å². The van der Waals surface area contributed by atoms with Gasteiger partial charge in [0.25, 0.3) is 0 Å². The van der Waals surface area contributed by atoms with E-state index in [0.717, 1.165) is 93.9 Å². The number of hydrogen-bond acceptors (Lipinski definition) is 10. The Balaban J connectivity index is 0.923. The van der Waals surface area contributed by atoms with Crippen LogP contribution in [0, 0.1) is 11.8 Å². The van der Waals surface area contributed by atoms with Crippen LogP contribution in [0.4, 0.5) is 9.59 Å². The van der Waals surface area contributed by atoms with Crippen molar-refractivity contribution < 1.29 is 33.4 Å². The number of aryl methyl sites for hydroxylation is 2. The van der Waals surface area contributed by atoms with Crippen LogP contribution in [0.5, 0.6) is 5.75 Å². The second-order valence-electron chi connectivity index (χ2n) is 19.0. The number of amides is 4. The lowest BCUT2D eigenvalue weighted by Crippen LogP contribution is -2.53. The zero-order valence-corrected chi connectivity index (χ0v) is 40.3. The maximum Gasteiger partial charge on any atom is 0.407 e. The second kappa shape index (κ2) is 17.9. The van der Waals surface area contributed by atoms with E-state index < -0.39 is 30.5 Å². The molecule has 4 aromatic rings. The zero-order valence-electron chi connectivity index (χ0n) is 38.7. The predicted octanol–water partition coefficient (Wildman–Crippen LogP) is 9.18. The molecule has 67 heavy (non-hydrogen) atoms. The van der Waals surface area contributed by atoms with E-state index in [2.05, 4.69) is 51.6 Å². The van der Waals surface area contributed by atoms with E-state index in [1.54, 1.807) is 0 Å². The second-order valence-corrected chi connectivity index (χ2v) is 20.8. The first kappa shape index (κ1) is 44.9. The van der Waals surface area contributed by atoms with Crippen LogP contribution >= 0.6 is 22.9 Å². The van der Waals surface area contributed by atoms with Crippen LogP contribution in [0.25, 0.3) is 33.3 Å². The van der Waals surface area contributed by atoms with Gasteiger partial charge in [0.2, 0.25) is 18.0 Å². The van der Waals surface area contributed by atoms with Gasteiger partial charge in [0.05, 0.1) is 46.7 Å². The molecule has 4 amide bonds. The summed E-state index contributed by atoms with van der Waals surface area (Å²) in [6, 6.07) is 13.5. The fraction of sp³-hybridized carbons (Fsp3) is 0.451. The molecule has 5 atom stereocenters. The highest BCUT2D eigenvalue weighted by Crippen LogP contribution is 2.53. The fourth-order valence-corrected chi connectivity index (χ4v) is 12.1. The van der Waals surface area contributed by atoms with Gasteiger partial charge < -0.3 is 34.6 Å². The smallest absolute Gasteiger partial charge is 0.407 e. The molecule has 2 aromatic carbocycles. The number of rotatable bonds is 11. The van der Waals surface area contributed by atoms with Gasteiger partial charge in [-0.05, 0) is 114 Å². The lowest BCUT2D eigenvalue weighted by molar-refractivity contribution is -0.134. The third-order valence-electron chi connectivity index (χ3n) is 14.4. The van der Waals surface area contributed by atoms with Crippen molar-refractivity contribution in [3.63, 3.8) is 0 Å². The van der Waals surface area contributed by atoms with Crippen LogP contribution in [0.3, 0.4) is 0 Å². The summed E-state index contributed by atoms with van der Waals surface area (Å²) in [4.78, 5) is 66.8. The van der Waals surface area contributed by atoms with Crippen molar-refractivity contribution in [1.29, 1.82) is 0 Å². The molecule has 6 aliphatic rings. The molecular formula is C51H56ClN7O7S. The van der Waals surface area contributed by atoms with Gasteiger partial charge in [0, 0.05) is 60.7 Å². The van der Waals surface area contributed by atoms with E-state index in [9.17, 15) is 19.2 Å². The average molecular weight is 947 g/mol. The summed E-state index contributed by atoms with van der Waals surface area (Å²) >= 11 is 8.12. The summed E-state index contributed by atoms with van der Waals surface area (Å²) in [5, 5.41) is 6.68. The minimum absolute atomic E-state index is 0.107. The van der Waals surface area contributed by atoms with Crippen molar-refractivity contribution in [1.82, 2.24) is 25.0 Å². The Morgan fingerprint density at radius 2 is 1.37 bits per heavy atom. The van der Waals surface area contributed by atoms with Gasteiger partial charge >= 0.3 is 12.2 Å². The topological polar surface area (TPSA) is 156 Å². The van der Waals surface area contributed by atoms with Crippen LogP contribution in [0.15, 0.2) is 64.8 Å². The number of likely N-dealkylation sites (tertiary alicyclic amines) is 2. The maximum absolute atomic E-state index is 13.9. The summed E-state index contributed by atoms with van der Waals surface area (Å²) < 4.78 is 19.8. The zero-order chi connectivity index (χ0) is 46.8. The van der Waals surface area contributed by atoms with Crippen molar-refractivity contribution in [2.75, 3.05) is 27.3 Å². The Hall–Kier alpha value is -5.93. The third kappa shape index (κ3) is 8.01. The summed E-state index contributed by atoms with van der Waals surface area (Å²) in [5.74, 6) is 0.387. The number of ether oxygens (including phenoxy) is 3. The molecule has 350 valence electrons. The molecule has 10 rings (SSSR count). The van der Waals surface area contributed by atoms with Gasteiger partial charge in [-0.3, -0.25) is 24.1 Å². The van der Waals surface area contributed by atoms with Crippen LogP contribution in [0.2, 0.25) is 4.34 Å². The number of thiophene rings is 1. The average Bonchev–Trinajstić information content (AvgIpc) is 4.19. The largest absolute Gasteiger partial charge is 0.464 e. The molecule has 0 spiro atoms. The number of aromatic nitrogens is 1. The molecule has 1 aliphatic carbocycles. The molecule has 5 aliphatic heterocycles. The SMILES string of the molecule is COC(=O)N[C@H](C(=O)N1CCC[C@H]1C1=NC=C(c2cc3c4c(c2)OC(c2ccc(Cl)s2)n2c-4c(c4cc(C5=CN=C([C@@H]6CCCN6C(=O)[C@@H](NC(=O)OC)C(C)C)C5)ccc42)CC3)C1)C(C)C. The van der Waals surface area contributed by atoms with Crippen molar-refractivity contribution in [3.05, 3.63) is 86.3 Å². The number of benzene rings is 2. The highest BCUT2D eigenvalue weighted by atomic mass is 35.5. The number of fused-ring (bicyclic) bond motifs is 3. The number of methoxy groups -OCH3 is 2. The number of carbonyl (C=O) groups excluding carboxylic acids is 4. The first-order valence-electron chi connectivity index (χ1n) is 23.4. The number of halogens is 1. The van der Waals surface area contributed by atoms with Crippen LogP contribution in [-0.4, -0.2) is 101 Å². The van der Waals surface area contributed by atoms with Crippen molar-refractivity contribution in [2.45, 2.75) is 109 Å². The molecular weight excluding hydrogens is 890 g/mol. The highest BCUT2D eigenvalue weighted by Gasteiger charge is 2.42. The lowest BCUT2D eigenvalue weighted by atomic mass is 9.85. The molecule has 0 radical (unpaired) electrons. The Kier molecular flexibility index (Phi) is 12.0. The van der Waals surface area contributed by atoms with Crippen molar-refractivity contribution >= 4 is 80.4 Å². The third-order valence-corrected chi connectivity index (χ3v) is 15.6. The molecule has 2 saturated heterocycles. The molecule has 0 bridgehead atoms. The Bertz CT molecular complexity index is 2840. The number of alkyl carbamates (subject to hydrolysis) is 2. The Morgan fingerprint density at radius 1 is 0.776 bits per heavy atom. The first-order valence-corrected chi connectivity index (χ1v) is 24.6. The molecule has 14 nitrogen and oxygen atoms in total. The minimum atomic E-state index is -0.692. The van der Waals surface area contributed by atoms with Crippen LogP contribution in [0.1, 0.15) is 99.6 Å². The number of aliphatic imine (C=N–C) groups is 2. The Labute approximate surface area is 399 Å². The summed E-state index contributed by atoms with van der Waals surface area (Å²) in [7, 11) is 2.61. The van der Waals surface area contributed by atoms with Crippen LogP contribution < -0.4 is 15.4 Å². The number of hydrogen-bond donors (Lipinski definition) is 2. The van der Waals surface area contributed by atoms with Crippen molar-refractivity contribution in [2.24, 2.45) is 21.8 Å². The van der Waals surface area contributed by atoms with Gasteiger partial charge in [-0.1, -0.05) is 51.4 Å². The number of allylic oxidation sites excluding steroid dienone is 2. The summed E-state index contributed by atoms with van der Waals surface area (Å²) in [6.07, 6.45) is 8.55. The lowest BCUT2D eigenvalue weighted by Gasteiger charge is -2.33. The summed E-state index contributed by atoms with van der Waals surface area (Å²) in [6.45, 7) is 8.92. The monoisotopic (exact) mass is 945 g/mol. The Morgan fingerprint density at radius 3 is 1.93 bits per heavy atom. The predicted molar refractivity (Wildman–Crippen MR) is 261 cm³/mol. The van der Waals surface area contributed by atoms with Gasteiger partial charge in [-0.25, -0.2) is 9.59 Å². The fourth-order valence-electron chi connectivity index (χ4n) is 11.0. The van der Waals surface area contributed by atoms with Crippen molar-refractivity contribution in [3.8, 4) is 17.0 Å². The van der Waals surface area contributed by atoms with Gasteiger partial charge in [0.15, 0.2) is 0 Å². The van der Waals surface area contributed by atoms with Gasteiger partial charge in [0.1, 0.15) is 17.8 Å². The summed E-state index contributed by atoms with van der Waals surface area (Å²) in [5.41, 5.74) is 12.1. The van der Waals surface area contributed by atoms with E-state index in [4.69, 9.17) is 35.8 Å². The molecule has 0 saturated carbocycles. The van der Waals surface area contributed by atoms with E-state index in [0.29, 0.717) is 30.3 Å². The van der Waals surface area contributed by atoms with Gasteiger partial charge in [-0.15, -0.1) is 11.3 Å². The highest BCUT2D eigenvalue weighted by molar-refractivity contribution is 7.16. The van der Waals surface area contributed by atoms with Gasteiger partial charge in [-0.2, -0.15) is 0 Å². The van der Waals surface area contributed by atoms with E-state index in [1.807, 2.05) is 56.0 Å². The molecule has 1 unspecified atom stereocenters. The number of nitrogens with zero attached hydrogens (tertiary/aromatic N) is 5. The first-order chi connectivity index (χ1) is 32.3.